The van der Waals surface area contributed by atoms with Crippen LogP contribution >= 0.6 is 0 Å². The van der Waals surface area contributed by atoms with Crippen molar-refractivity contribution in [2.24, 2.45) is 5.14 Å². The lowest BCUT2D eigenvalue weighted by molar-refractivity contribution is 0.596. The summed E-state index contributed by atoms with van der Waals surface area (Å²) in [5.74, 6) is -0.257. The van der Waals surface area contributed by atoms with Crippen molar-refractivity contribution in [2.45, 2.75) is 19.2 Å². The highest BCUT2D eigenvalue weighted by Crippen LogP contribution is 1.97. The summed E-state index contributed by atoms with van der Waals surface area (Å²) >= 11 is 0. The summed E-state index contributed by atoms with van der Waals surface area (Å²) in [5.41, 5.74) is 0.374. The lowest BCUT2D eigenvalue weighted by Crippen LogP contribution is -2.14. The Kier molecular flexibility index (Phi) is 2.43. The molecule has 0 saturated heterocycles. The Morgan fingerprint density at radius 2 is 2.33 bits per heavy atom. The summed E-state index contributed by atoms with van der Waals surface area (Å²) in [5, 5.41) is 12.1. The second kappa shape index (κ2) is 3.20. The number of aryl methyl sites for hydroxylation is 1. The zero-order chi connectivity index (χ0) is 9.19. The molecule has 0 saturated carbocycles. The molecule has 7 heteroatoms. The van der Waals surface area contributed by atoms with Crippen LogP contribution in [-0.4, -0.2) is 23.4 Å². The van der Waals surface area contributed by atoms with Gasteiger partial charge in [-0.3, -0.25) is 4.68 Å². The molecule has 6 nitrogen and oxygen atoms in total. The van der Waals surface area contributed by atoms with Gasteiger partial charge in [-0.15, -0.1) is 5.10 Å². The van der Waals surface area contributed by atoms with E-state index in [1.54, 1.807) is 10.9 Å². The normalized spacial score (nSPS) is 11.8. The van der Waals surface area contributed by atoms with Crippen molar-refractivity contribution in [2.75, 3.05) is 0 Å². The van der Waals surface area contributed by atoms with Crippen LogP contribution in [-0.2, 0) is 22.3 Å². The summed E-state index contributed by atoms with van der Waals surface area (Å²) in [7, 11) is -3.49. The van der Waals surface area contributed by atoms with Gasteiger partial charge >= 0.3 is 0 Å². The Morgan fingerprint density at radius 1 is 1.67 bits per heavy atom. The number of hydrogen-bond donors (Lipinski definition) is 1. The van der Waals surface area contributed by atoms with Gasteiger partial charge in [-0.25, -0.2) is 13.6 Å². The van der Waals surface area contributed by atoms with Crippen molar-refractivity contribution in [1.82, 2.24) is 15.0 Å². The molecular weight excluding hydrogens is 180 g/mol. The van der Waals surface area contributed by atoms with Crippen LogP contribution in [0.5, 0.6) is 0 Å². The molecule has 0 spiro atoms. The average Bonchev–Trinajstić information content (AvgIpc) is 2.32. The third-order valence-electron chi connectivity index (χ3n) is 1.26. The lowest BCUT2D eigenvalue weighted by Gasteiger charge is -1.90. The first-order chi connectivity index (χ1) is 5.51. The van der Waals surface area contributed by atoms with Crippen LogP contribution < -0.4 is 5.14 Å². The van der Waals surface area contributed by atoms with E-state index in [1.807, 2.05) is 6.92 Å². The first kappa shape index (κ1) is 9.14. The molecule has 0 aliphatic carbocycles. The molecule has 12 heavy (non-hydrogen) atoms. The highest BCUT2D eigenvalue weighted by molar-refractivity contribution is 7.88. The van der Waals surface area contributed by atoms with E-state index in [-0.39, 0.29) is 5.75 Å². The first-order valence-electron chi connectivity index (χ1n) is 3.41. The van der Waals surface area contributed by atoms with Crippen molar-refractivity contribution in [1.29, 1.82) is 0 Å². The summed E-state index contributed by atoms with van der Waals surface area (Å²) in [6.07, 6.45) is 1.56. The maximum atomic E-state index is 10.6. The summed E-state index contributed by atoms with van der Waals surface area (Å²) in [4.78, 5) is 0. The summed E-state index contributed by atoms with van der Waals surface area (Å²) in [6.45, 7) is 2.55. The van der Waals surface area contributed by atoms with E-state index in [9.17, 15) is 8.42 Å². The standard InChI is InChI=1S/C5H10N4O2S/c1-2-9-3-5(7-8-9)4-12(6,10)11/h3H,2,4H2,1H3,(H2,6,10,11). The van der Waals surface area contributed by atoms with Gasteiger partial charge in [-0.2, -0.15) is 0 Å². The number of nitrogens with zero attached hydrogens (tertiary/aromatic N) is 3. The number of primary sulfonamides is 1. The van der Waals surface area contributed by atoms with Crippen molar-refractivity contribution >= 4 is 10.0 Å². The van der Waals surface area contributed by atoms with Gasteiger partial charge in [-0.1, -0.05) is 5.21 Å². The fourth-order valence-electron chi connectivity index (χ4n) is 0.765. The molecule has 0 unspecified atom stereocenters. The van der Waals surface area contributed by atoms with E-state index in [0.29, 0.717) is 12.2 Å². The predicted octanol–water partition coefficient (Wildman–Crippen LogP) is -0.913. The van der Waals surface area contributed by atoms with Gasteiger partial charge in [0.2, 0.25) is 10.0 Å². The van der Waals surface area contributed by atoms with Gasteiger partial charge in [0.25, 0.3) is 0 Å². The predicted molar refractivity (Wildman–Crippen MR) is 42.5 cm³/mol. The second-order valence-corrected chi connectivity index (χ2v) is 3.99. The zero-order valence-electron chi connectivity index (χ0n) is 6.64. The van der Waals surface area contributed by atoms with Gasteiger partial charge in [0.1, 0.15) is 5.75 Å². The molecule has 0 atom stereocenters. The zero-order valence-corrected chi connectivity index (χ0v) is 7.45. The fourth-order valence-corrected chi connectivity index (χ4v) is 1.31. The number of sulfonamides is 1. The molecule has 1 aromatic rings. The van der Waals surface area contributed by atoms with Crippen LogP contribution in [0.2, 0.25) is 0 Å². The van der Waals surface area contributed by atoms with E-state index in [1.165, 1.54) is 0 Å². The quantitative estimate of drug-likeness (QED) is 0.667. The number of rotatable bonds is 3. The maximum absolute atomic E-state index is 10.6. The largest absolute Gasteiger partial charge is 0.253 e. The van der Waals surface area contributed by atoms with Gasteiger partial charge in [0.05, 0.1) is 5.69 Å². The maximum Gasteiger partial charge on any atom is 0.214 e. The smallest absolute Gasteiger partial charge is 0.214 e. The summed E-state index contributed by atoms with van der Waals surface area (Å²) < 4.78 is 22.7. The Hall–Kier alpha value is -0.950. The summed E-state index contributed by atoms with van der Waals surface area (Å²) in [6, 6.07) is 0. The van der Waals surface area contributed by atoms with Crippen molar-refractivity contribution in [3.63, 3.8) is 0 Å². The van der Waals surface area contributed by atoms with Crippen molar-refractivity contribution < 1.29 is 8.42 Å². The molecule has 2 N–H and O–H groups in total. The minimum Gasteiger partial charge on any atom is -0.253 e. The van der Waals surface area contributed by atoms with Gasteiger partial charge < -0.3 is 0 Å². The minimum atomic E-state index is -3.49. The molecule has 68 valence electrons. The third-order valence-corrected chi connectivity index (χ3v) is 1.96. The van der Waals surface area contributed by atoms with E-state index < -0.39 is 10.0 Å². The Morgan fingerprint density at radius 3 is 2.75 bits per heavy atom. The molecule has 1 aromatic heterocycles. The molecule has 0 radical (unpaired) electrons. The van der Waals surface area contributed by atoms with Gasteiger partial charge in [0, 0.05) is 12.7 Å². The van der Waals surface area contributed by atoms with E-state index >= 15 is 0 Å². The molecule has 0 amide bonds. The van der Waals surface area contributed by atoms with Crippen molar-refractivity contribution in [3.8, 4) is 0 Å². The van der Waals surface area contributed by atoms with Crippen LogP contribution in [0.4, 0.5) is 0 Å². The number of aromatic nitrogens is 3. The minimum absolute atomic E-state index is 0.257. The molecule has 0 aliphatic rings. The molecule has 0 aliphatic heterocycles. The van der Waals surface area contributed by atoms with Crippen LogP contribution in [0.25, 0.3) is 0 Å². The highest BCUT2D eigenvalue weighted by atomic mass is 32.2. The third kappa shape index (κ3) is 2.59. The Balaban J connectivity index is 2.78. The van der Waals surface area contributed by atoms with Gasteiger partial charge in [0.15, 0.2) is 0 Å². The van der Waals surface area contributed by atoms with E-state index in [2.05, 4.69) is 10.3 Å². The first-order valence-corrected chi connectivity index (χ1v) is 5.12. The number of nitrogens with two attached hydrogens (primary N) is 1. The Bertz CT molecular complexity index is 355. The fraction of sp³-hybridized carbons (Fsp3) is 0.600. The molecule has 1 rings (SSSR count). The number of hydrogen-bond acceptors (Lipinski definition) is 4. The van der Waals surface area contributed by atoms with Crippen LogP contribution in [0.1, 0.15) is 12.6 Å². The second-order valence-electron chi connectivity index (χ2n) is 2.37. The SMILES string of the molecule is CCn1cc(CS(N)(=O)=O)nn1. The topological polar surface area (TPSA) is 90.9 Å². The van der Waals surface area contributed by atoms with Crippen LogP contribution in [0, 0.1) is 0 Å². The van der Waals surface area contributed by atoms with Crippen molar-refractivity contribution in [3.05, 3.63) is 11.9 Å². The lowest BCUT2D eigenvalue weighted by atomic mass is 10.5. The molecule has 1 heterocycles. The van der Waals surface area contributed by atoms with Crippen LogP contribution in [0.15, 0.2) is 6.20 Å². The van der Waals surface area contributed by atoms with E-state index in [4.69, 9.17) is 5.14 Å². The van der Waals surface area contributed by atoms with Gasteiger partial charge in [-0.05, 0) is 6.92 Å². The highest BCUT2D eigenvalue weighted by Gasteiger charge is 2.07. The molecule has 0 bridgehead atoms. The molecule has 0 fully saturated rings. The molecular formula is C5H10N4O2S. The van der Waals surface area contributed by atoms with E-state index in [0.717, 1.165) is 0 Å². The van der Waals surface area contributed by atoms with Crippen LogP contribution in [0.3, 0.4) is 0 Å². The Labute approximate surface area is 70.4 Å². The average molecular weight is 190 g/mol. The monoisotopic (exact) mass is 190 g/mol. The molecule has 0 aromatic carbocycles.